The summed E-state index contributed by atoms with van der Waals surface area (Å²) in [5.74, 6) is 0.731. The lowest BCUT2D eigenvalue weighted by atomic mass is 10.0. The third-order valence-corrected chi connectivity index (χ3v) is 4.69. The molecule has 0 saturated carbocycles. The fourth-order valence-corrected chi connectivity index (χ4v) is 2.96. The largest absolute Gasteiger partial charge is 0.370 e. The maximum atomic E-state index is 6.52. The van der Waals surface area contributed by atoms with Crippen molar-refractivity contribution in [1.82, 2.24) is 0 Å². The smallest absolute Gasteiger partial charge is 0.0642 e. The van der Waals surface area contributed by atoms with Crippen LogP contribution in [0.3, 0.4) is 0 Å². The Hall–Kier alpha value is -0.730. The van der Waals surface area contributed by atoms with Crippen molar-refractivity contribution in [3.05, 3.63) is 28.8 Å². The van der Waals surface area contributed by atoms with Gasteiger partial charge in [-0.3, -0.25) is 0 Å². The second-order valence-electron chi connectivity index (χ2n) is 5.88. The van der Waals surface area contributed by atoms with E-state index in [2.05, 4.69) is 50.8 Å². The Morgan fingerprint density at radius 3 is 2.24 bits per heavy atom. The highest BCUT2D eigenvalue weighted by molar-refractivity contribution is 6.33. The first-order valence-corrected chi connectivity index (χ1v) is 8.72. The number of anilines is 1. The van der Waals surface area contributed by atoms with Gasteiger partial charge in [-0.15, -0.1) is 0 Å². The molecule has 0 bridgehead atoms. The molecule has 0 heterocycles. The summed E-state index contributed by atoms with van der Waals surface area (Å²) in [5.41, 5.74) is 8.41. The zero-order valence-corrected chi connectivity index (χ0v) is 14.8. The van der Waals surface area contributed by atoms with Gasteiger partial charge in [0.2, 0.25) is 0 Å². The summed E-state index contributed by atoms with van der Waals surface area (Å²) in [6.07, 6.45) is 4.33. The first-order valence-electron chi connectivity index (χ1n) is 8.34. The summed E-state index contributed by atoms with van der Waals surface area (Å²) in [7, 11) is 0. The average molecular weight is 311 g/mol. The van der Waals surface area contributed by atoms with Crippen molar-refractivity contribution in [3.8, 4) is 0 Å². The predicted octanol–water partition coefficient (Wildman–Crippen LogP) is 4.88. The summed E-state index contributed by atoms with van der Waals surface area (Å²) in [5, 5.41) is 0.851. The summed E-state index contributed by atoms with van der Waals surface area (Å²) >= 11 is 6.52. The molecule has 0 aliphatic heterocycles. The van der Waals surface area contributed by atoms with Crippen molar-refractivity contribution >= 4 is 17.3 Å². The van der Waals surface area contributed by atoms with Crippen molar-refractivity contribution < 1.29 is 0 Å². The van der Waals surface area contributed by atoms with Crippen molar-refractivity contribution in [2.45, 2.75) is 59.4 Å². The molecular weight excluding hydrogens is 280 g/mol. The van der Waals surface area contributed by atoms with Crippen molar-refractivity contribution in [1.29, 1.82) is 0 Å². The van der Waals surface area contributed by atoms with Crippen LogP contribution in [0.5, 0.6) is 0 Å². The van der Waals surface area contributed by atoms with Crippen LogP contribution in [0.4, 0.5) is 5.69 Å². The summed E-state index contributed by atoms with van der Waals surface area (Å²) < 4.78 is 0. The number of halogens is 1. The monoisotopic (exact) mass is 310 g/mol. The fraction of sp³-hybridized carbons (Fsp3) is 0.667. The van der Waals surface area contributed by atoms with E-state index in [1.807, 2.05) is 0 Å². The van der Waals surface area contributed by atoms with Gasteiger partial charge < -0.3 is 10.6 Å². The first-order chi connectivity index (χ1) is 10.0. The number of hydrogen-bond acceptors (Lipinski definition) is 2. The number of nitrogens with two attached hydrogens (primary N) is 1. The maximum Gasteiger partial charge on any atom is 0.0642 e. The van der Waals surface area contributed by atoms with E-state index in [0.29, 0.717) is 0 Å². The molecule has 0 saturated heterocycles. The van der Waals surface area contributed by atoms with E-state index in [4.69, 9.17) is 17.3 Å². The Morgan fingerprint density at radius 1 is 1.10 bits per heavy atom. The topological polar surface area (TPSA) is 29.3 Å². The normalized spacial score (nSPS) is 12.7. The molecule has 1 aromatic rings. The van der Waals surface area contributed by atoms with E-state index in [0.717, 1.165) is 42.6 Å². The Morgan fingerprint density at radius 2 is 1.76 bits per heavy atom. The highest BCUT2D eigenvalue weighted by Crippen LogP contribution is 2.28. The van der Waals surface area contributed by atoms with Gasteiger partial charge in [-0.25, -0.2) is 0 Å². The minimum absolute atomic E-state index is 0.221. The van der Waals surface area contributed by atoms with Crippen molar-refractivity contribution in [3.63, 3.8) is 0 Å². The molecule has 120 valence electrons. The van der Waals surface area contributed by atoms with E-state index in [-0.39, 0.29) is 6.04 Å². The number of hydrogen-bond donors (Lipinski definition) is 1. The van der Waals surface area contributed by atoms with Gasteiger partial charge in [0.15, 0.2) is 0 Å². The minimum Gasteiger partial charge on any atom is -0.370 e. The van der Waals surface area contributed by atoms with Crippen LogP contribution in [0, 0.1) is 5.92 Å². The predicted molar refractivity (Wildman–Crippen MR) is 95.4 cm³/mol. The lowest BCUT2D eigenvalue weighted by Gasteiger charge is -2.28. The molecule has 1 rings (SSSR count). The van der Waals surface area contributed by atoms with Crippen LogP contribution in [0.1, 0.15) is 52.5 Å². The molecule has 0 aliphatic rings. The van der Waals surface area contributed by atoms with Crippen LogP contribution in [-0.4, -0.2) is 19.1 Å². The maximum absolute atomic E-state index is 6.52. The first kappa shape index (κ1) is 18.3. The molecular formula is C18H31ClN2. The van der Waals surface area contributed by atoms with Crippen LogP contribution in [0.2, 0.25) is 5.02 Å². The molecule has 0 fully saturated rings. The van der Waals surface area contributed by atoms with E-state index in [1.165, 1.54) is 18.4 Å². The third-order valence-electron chi connectivity index (χ3n) is 4.39. The van der Waals surface area contributed by atoms with Crippen LogP contribution in [-0.2, 0) is 6.42 Å². The molecule has 3 heteroatoms. The molecule has 1 atom stereocenters. The van der Waals surface area contributed by atoms with Gasteiger partial charge in [0.1, 0.15) is 0 Å². The Labute approximate surface area is 135 Å². The summed E-state index contributed by atoms with van der Waals surface area (Å²) in [6, 6.07) is 6.64. The molecule has 1 aromatic carbocycles. The van der Waals surface area contributed by atoms with Gasteiger partial charge in [-0.2, -0.15) is 0 Å². The molecule has 0 aromatic heterocycles. The van der Waals surface area contributed by atoms with Crippen molar-refractivity contribution in [2.24, 2.45) is 11.7 Å². The lowest BCUT2D eigenvalue weighted by Crippen LogP contribution is -2.29. The number of rotatable bonds is 9. The van der Waals surface area contributed by atoms with Gasteiger partial charge >= 0.3 is 0 Å². The Kier molecular flexibility index (Phi) is 8.13. The van der Waals surface area contributed by atoms with E-state index >= 15 is 0 Å². The quantitative estimate of drug-likeness (QED) is 0.704. The van der Waals surface area contributed by atoms with Crippen LogP contribution in [0.15, 0.2) is 18.2 Å². The highest BCUT2D eigenvalue weighted by atomic mass is 35.5. The molecule has 0 spiro atoms. The zero-order chi connectivity index (χ0) is 15.8. The molecule has 1 unspecified atom stereocenters. The van der Waals surface area contributed by atoms with Crippen molar-refractivity contribution in [2.75, 3.05) is 18.0 Å². The van der Waals surface area contributed by atoms with Gasteiger partial charge in [0.25, 0.3) is 0 Å². The molecule has 0 radical (unpaired) electrons. The number of nitrogens with zero attached hydrogens (tertiary/aromatic N) is 1. The number of benzene rings is 1. The second kappa shape index (κ2) is 9.32. The average Bonchev–Trinajstić information content (AvgIpc) is 2.49. The molecule has 0 aliphatic carbocycles. The molecule has 2 N–H and O–H groups in total. The SMILES string of the molecule is CCC(N)Cc1ccc(N(CC)CC(CC)CC)c(Cl)c1. The van der Waals surface area contributed by atoms with E-state index in [9.17, 15) is 0 Å². The van der Waals surface area contributed by atoms with E-state index < -0.39 is 0 Å². The Bertz CT molecular complexity index is 416. The lowest BCUT2D eigenvalue weighted by molar-refractivity contribution is 0.486. The molecule has 2 nitrogen and oxygen atoms in total. The molecule has 21 heavy (non-hydrogen) atoms. The minimum atomic E-state index is 0.221. The molecule has 0 amide bonds. The van der Waals surface area contributed by atoms with Gasteiger partial charge in [-0.1, -0.05) is 51.3 Å². The van der Waals surface area contributed by atoms with Gasteiger partial charge in [-0.05, 0) is 43.4 Å². The van der Waals surface area contributed by atoms with Crippen LogP contribution in [0.25, 0.3) is 0 Å². The second-order valence-corrected chi connectivity index (χ2v) is 6.29. The zero-order valence-electron chi connectivity index (χ0n) is 14.0. The highest BCUT2D eigenvalue weighted by Gasteiger charge is 2.14. The third kappa shape index (κ3) is 5.52. The van der Waals surface area contributed by atoms with Gasteiger partial charge in [0.05, 0.1) is 10.7 Å². The fourth-order valence-electron chi connectivity index (χ4n) is 2.64. The van der Waals surface area contributed by atoms with Crippen LogP contribution >= 0.6 is 11.6 Å². The summed E-state index contributed by atoms with van der Waals surface area (Å²) in [4.78, 5) is 2.39. The Balaban J connectivity index is 2.85. The standard InChI is InChI=1S/C18H31ClN2/c1-5-14(6-2)13-21(8-4)18-10-9-15(12-17(18)19)11-16(20)7-3/h9-10,12,14,16H,5-8,11,13,20H2,1-4H3. The van der Waals surface area contributed by atoms with Crippen LogP contribution < -0.4 is 10.6 Å². The summed E-state index contributed by atoms with van der Waals surface area (Å²) in [6.45, 7) is 10.9. The van der Waals surface area contributed by atoms with Gasteiger partial charge in [0, 0.05) is 19.1 Å². The van der Waals surface area contributed by atoms with E-state index in [1.54, 1.807) is 0 Å².